The van der Waals surface area contributed by atoms with Crippen molar-refractivity contribution < 1.29 is 14.3 Å². The second kappa shape index (κ2) is 6.10. The molecule has 2 rings (SSSR count). The minimum atomic E-state index is -0.436. The third-order valence-electron chi connectivity index (χ3n) is 2.33. The maximum Gasteiger partial charge on any atom is 0.341 e. The van der Waals surface area contributed by atoms with Crippen LogP contribution in [0.1, 0.15) is 27.6 Å². The van der Waals surface area contributed by atoms with E-state index in [4.69, 9.17) is 4.74 Å². The molecular weight excluding hydrogens is 264 g/mol. The van der Waals surface area contributed by atoms with Gasteiger partial charge in [0.25, 0.3) is 5.91 Å². The molecule has 0 saturated heterocycles. The highest BCUT2D eigenvalue weighted by Crippen LogP contribution is 2.24. The molecule has 0 spiro atoms. The smallest absolute Gasteiger partial charge is 0.341 e. The van der Waals surface area contributed by atoms with Crippen molar-refractivity contribution in [3.8, 4) is 0 Å². The van der Waals surface area contributed by atoms with Crippen LogP contribution in [0, 0.1) is 0 Å². The van der Waals surface area contributed by atoms with Crippen LogP contribution in [-0.2, 0) is 4.74 Å². The fourth-order valence-electron chi connectivity index (χ4n) is 1.45. The monoisotopic (exact) mass is 276 g/mol. The zero-order chi connectivity index (χ0) is 13.7. The molecule has 0 aliphatic heterocycles. The number of ether oxygens (including phenoxy) is 1. The van der Waals surface area contributed by atoms with Gasteiger partial charge < -0.3 is 10.1 Å². The quantitative estimate of drug-likeness (QED) is 0.871. The molecule has 2 aromatic heterocycles. The number of carbonyl (C=O) groups is 2. The number of rotatable bonds is 4. The summed E-state index contributed by atoms with van der Waals surface area (Å²) >= 11 is 1.28. The minimum Gasteiger partial charge on any atom is -0.462 e. The largest absolute Gasteiger partial charge is 0.462 e. The van der Waals surface area contributed by atoms with Gasteiger partial charge in [-0.05, 0) is 30.5 Å². The zero-order valence-electron chi connectivity index (χ0n) is 10.3. The van der Waals surface area contributed by atoms with E-state index < -0.39 is 5.97 Å². The lowest BCUT2D eigenvalue weighted by atomic mass is 10.2. The topological polar surface area (TPSA) is 68.3 Å². The molecule has 0 atom stereocenters. The molecule has 0 radical (unpaired) electrons. The normalized spacial score (nSPS) is 9.95. The second-order valence-corrected chi connectivity index (χ2v) is 4.49. The summed E-state index contributed by atoms with van der Waals surface area (Å²) in [6.07, 6.45) is 3.07. The van der Waals surface area contributed by atoms with Crippen LogP contribution in [0.3, 0.4) is 0 Å². The average Bonchev–Trinajstić information content (AvgIpc) is 2.88. The molecule has 0 aliphatic carbocycles. The first kappa shape index (κ1) is 13.2. The molecule has 0 saturated carbocycles. The van der Waals surface area contributed by atoms with Crippen LogP contribution < -0.4 is 5.32 Å². The highest BCUT2D eigenvalue weighted by atomic mass is 32.1. The van der Waals surface area contributed by atoms with Gasteiger partial charge in [0, 0.05) is 18.0 Å². The summed E-state index contributed by atoms with van der Waals surface area (Å²) in [5, 5.41) is 4.91. The third kappa shape index (κ3) is 3.17. The predicted molar refractivity (Wildman–Crippen MR) is 72.5 cm³/mol. The summed E-state index contributed by atoms with van der Waals surface area (Å²) in [5.74, 6) is -0.718. The third-order valence-corrected chi connectivity index (χ3v) is 3.16. The second-order valence-electron chi connectivity index (χ2n) is 3.57. The Hall–Kier alpha value is -2.21. The SMILES string of the molecule is CCOC(=O)c1ccsc1NC(=O)c1ccncc1. The van der Waals surface area contributed by atoms with Crippen molar-refractivity contribution in [2.24, 2.45) is 0 Å². The molecule has 0 aliphatic rings. The molecule has 1 amide bonds. The number of anilines is 1. The maximum absolute atomic E-state index is 12.0. The minimum absolute atomic E-state index is 0.282. The number of pyridine rings is 1. The summed E-state index contributed by atoms with van der Waals surface area (Å²) < 4.78 is 4.92. The summed E-state index contributed by atoms with van der Waals surface area (Å²) in [6.45, 7) is 2.03. The standard InChI is InChI=1S/C13H12N2O3S/c1-2-18-13(17)10-5-8-19-12(10)15-11(16)9-3-6-14-7-4-9/h3-8H,2H2,1H3,(H,15,16). The van der Waals surface area contributed by atoms with Gasteiger partial charge in [-0.3, -0.25) is 9.78 Å². The number of amides is 1. The van der Waals surface area contributed by atoms with Crippen LogP contribution in [0.15, 0.2) is 36.0 Å². The van der Waals surface area contributed by atoms with Gasteiger partial charge in [0.1, 0.15) is 5.00 Å². The van der Waals surface area contributed by atoms with Gasteiger partial charge in [-0.15, -0.1) is 11.3 Å². The molecule has 2 heterocycles. The lowest BCUT2D eigenvalue weighted by Gasteiger charge is -2.05. The van der Waals surface area contributed by atoms with Crippen molar-refractivity contribution in [1.82, 2.24) is 4.98 Å². The van der Waals surface area contributed by atoms with Crippen LogP contribution in [0.5, 0.6) is 0 Å². The Balaban J connectivity index is 2.14. The Morgan fingerprint density at radius 2 is 2.05 bits per heavy atom. The van der Waals surface area contributed by atoms with E-state index in [2.05, 4.69) is 10.3 Å². The summed E-state index contributed by atoms with van der Waals surface area (Å²) in [4.78, 5) is 27.5. The van der Waals surface area contributed by atoms with E-state index in [9.17, 15) is 9.59 Å². The number of nitrogens with one attached hydrogen (secondary N) is 1. The van der Waals surface area contributed by atoms with E-state index >= 15 is 0 Å². The maximum atomic E-state index is 12.0. The van der Waals surface area contributed by atoms with Crippen molar-refractivity contribution in [3.05, 3.63) is 47.1 Å². The molecule has 0 fully saturated rings. The van der Waals surface area contributed by atoms with E-state index in [0.29, 0.717) is 22.7 Å². The molecule has 98 valence electrons. The first-order valence-corrected chi connectivity index (χ1v) is 6.56. The molecule has 1 N–H and O–H groups in total. The van der Waals surface area contributed by atoms with Gasteiger partial charge in [0.2, 0.25) is 0 Å². The molecule has 5 nitrogen and oxygen atoms in total. The number of hydrogen-bond donors (Lipinski definition) is 1. The van der Waals surface area contributed by atoms with Gasteiger partial charge in [-0.1, -0.05) is 0 Å². The van der Waals surface area contributed by atoms with Gasteiger partial charge in [-0.2, -0.15) is 0 Å². The van der Waals surface area contributed by atoms with Crippen molar-refractivity contribution in [1.29, 1.82) is 0 Å². The van der Waals surface area contributed by atoms with Crippen LogP contribution in [0.25, 0.3) is 0 Å². The van der Waals surface area contributed by atoms with E-state index in [-0.39, 0.29) is 5.91 Å². The molecule has 0 aromatic carbocycles. The first-order valence-electron chi connectivity index (χ1n) is 5.68. The van der Waals surface area contributed by atoms with E-state index in [1.807, 2.05) is 0 Å². The van der Waals surface area contributed by atoms with Crippen molar-refractivity contribution in [2.75, 3.05) is 11.9 Å². The Kier molecular flexibility index (Phi) is 4.25. The number of thiophene rings is 1. The van der Waals surface area contributed by atoms with Crippen LogP contribution in [0.2, 0.25) is 0 Å². The highest BCUT2D eigenvalue weighted by molar-refractivity contribution is 7.14. The number of nitrogens with zero attached hydrogens (tertiary/aromatic N) is 1. The fourth-order valence-corrected chi connectivity index (χ4v) is 2.22. The van der Waals surface area contributed by atoms with Gasteiger partial charge in [0.15, 0.2) is 0 Å². The lowest BCUT2D eigenvalue weighted by molar-refractivity contribution is 0.0528. The molecule has 19 heavy (non-hydrogen) atoms. The van der Waals surface area contributed by atoms with Crippen LogP contribution in [-0.4, -0.2) is 23.5 Å². The van der Waals surface area contributed by atoms with E-state index in [1.165, 1.54) is 23.7 Å². The lowest BCUT2D eigenvalue weighted by Crippen LogP contribution is -2.14. The number of aromatic nitrogens is 1. The predicted octanol–water partition coefficient (Wildman–Crippen LogP) is 2.57. The first-order chi connectivity index (χ1) is 9.22. The molecule has 2 aromatic rings. The zero-order valence-corrected chi connectivity index (χ0v) is 11.1. The highest BCUT2D eigenvalue weighted by Gasteiger charge is 2.16. The van der Waals surface area contributed by atoms with Gasteiger partial charge in [0.05, 0.1) is 12.2 Å². The van der Waals surface area contributed by atoms with Crippen molar-refractivity contribution >= 4 is 28.2 Å². The summed E-state index contributed by atoms with van der Waals surface area (Å²) in [6, 6.07) is 4.84. The van der Waals surface area contributed by atoms with E-state index in [0.717, 1.165) is 0 Å². The van der Waals surface area contributed by atoms with Crippen LogP contribution in [0.4, 0.5) is 5.00 Å². The Morgan fingerprint density at radius 3 is 2.74 bits per heavy atom. The number of hydrogen-bond acceptors (Lipinski definition) is 5. The Labute approximate surface area is 114 Å². The number of esters is 1. The average molecular weight is 276 g/mol. The molecule has 0 bridgehead atoms. The summed E-state index contributed by atoms with van der Waals surface area (Å²) in [7, 11) is 0. The number of carbonyl (C=O) groups excluding carboxylic acids is 2. The van der Waals surface area contributed by atoms with E-state index in [1.54, 1.807) is 30.5 Å². The molecule has 0 unspecified atom stereocenters. The van der Waals surface area contributed by atoms with Crippen LogP contribution >= 0.6 is 11.3 Å². The fraction of sp³-hybridized carbons (Fsp3) is 0.154. The molecular formula is C13H12N2O3S. The Morgan fingerprint density at radius 1 is 1.32 bits per heavy atom. The summed E-state index contributed by atoms with van der Waals surface area (Å²) in [5.41, 5.74) is 0.854. The molecule has 6 heteroatoms. The van der Waals surface area contributed by atoms with Gasteiger partial charge in [-0.25, -0.2) is 4.79 Å². The van der Waals surface area contributed by atoms with Crippen molar-refractivity contribution in [2.45, 2.75) is 6.92 Å². The van der Waals surface area contributed by atoms with Crippen molar-refractivity contribution in [3.63, 3.8) is 0 Å². The van der Waals surface area contributed by atoms with Gasteiger partial charge >= 0.3 is 5.97 Å². The Bertz CT molecular complexity index is 581.